The number of amides is 2. The Hall–Kier alpha value is -1.26. The molecule has 0 saturated carbocycles. The Labute approximate surface area is 115 Å². The molecule has 1 heterocycles. The number of ether oxygens (including phenoxy) is 1. The molecule has 1 aliphatic rings. The molecule has 0 aromatic rings. The first kappa shape index (κ1) is 15.8. The minimum atomic E-state index is -0.549. The minimum absolute atomic E-state index is 0.0113. The molecule has 1 saturated heterocycles. The number of carbonyl (C=O) groups excluding carboxylic acids is 2. The van der Waals surface area contributed by atoms with Crippen LogP contribution in [0.25, 0.3) is 0 Å². The summed E-state index contributed by atoms with van der Waals surface area (Å²) in [6.07, 6.45) is 2.49. The molecule has 1 aliphatic heterocycles. The van der Waals surface area contributed by atoms with E-state index in [2.05, 4.69) is 23.9 Å². The van der Waals surface area contributed by atoms with E-state index in [1.807, 2.05) is 18.7 Å². The lowest BCUT2D eigenvalue weighted by atomic mass is 10.0. The van der Waals surface area contributed by atoms with Gasteiger partial charge in [0.1, 0.15) is 6.04 Å². The largest absolute Gasteiger partial charge is 0.453 e. The van der Waals surface area contributed by atoms with Crippen LogP contribution in [0.4, 0.5) is 4.79 Å². The van der Waals surface area contributed by atoms with Crippen molar-refractivity contribution in [1.29, 1.82) is 0 Å². The van der Waals surface area contributed by atoms with E-state index >= 15 is 0 Å². The molecule has 3 atom stereocenters. The number of nitrogens with one attached hydrogen (secondary N) is 1. The van der Waals surface area contributed by atoms with Gasteiger partial charge in [-0.2, -0.15) is 0 Å². The van der Waals surface area contributed by atoms with E-state index < -0.39 is 12.1 Å². The Morgan fingerprint density at radius 3 is 2.47 bits per heavy atom. The van der Waals surface area contributed by atoms with Crippen molar-refractivity contribution in [2.45, 2.75) is 65.1 Å². The average molecular weight is 270 g/mol. The fourth-order valence-corrected chi connectivity index (χ4v) is 2.73. The van der Waals surface area contributed by atoms with Crippen LogP contribution in [0.3, 0.4) is 0 Å². The number of hydrogen-bond donors (Lipinski definition) is 1. The van der Waals surface area contributed by atoms with Crippen molar-refractivity contribution in [1.82, 2.24) is 10.2 Å². The summed E-state index contributed by atoms with van der Waals surface area (Å²) in [5.41, 5.74) is 0. The molecular formula is C14H26N2O3. The molecule has 110 valence electrons. The van der Waals surface area contributed by atoms with Crippen molar-refractivity contribution >= 4 is 12.0 Å². The molecule has 0 aromatic carbocycles. The highest BCUT2D eigenvalue weighted by molar-refractivity contribution is 5.86. The van der Waals surface area contributed by atoms with Crippen molar-refractivity contribution < 1.29 is 14.3 Å². The number of hydrogen-bond acceptors (Lipinski definition) is 3. The quantitative estimate of drug-likeness (QED) is 0.851. The van der Waals surface area contributed by atoms with E-state index in [4.69, 9.17) is 0 Å². The van der Waals surface area contributed by atoms with Gasteiger partial charge >= 0.3 is 6.09 Å². The lowest BCUT2D eigenvalue weighted by molar-refractivity contribution is -0.137. The van der Waals surface area contributed by atoms with E-state index in [0.29, 0.717) is 6.04 Å². The van der Waals surface area contributed by atoms with Gasteiger partial charge in [0.25, 0.3) is 0 Å². The number of rotatable bonds is 4. The fraction of sp³-hybridized carbons (Fsp3) is 0.857. The molecule has 0 aliphatic carbocycles. The topological polar surface area (TPSA) is 58.6 Å². The second kappa shape index (κ2) is 6.78. The average Bonchev–Trinajstić information content (AvgIpc) is 2.75. The van der Waals surface area contributed by atoms with Crippen LogP contribution < -0.4 is 5.32 Å². The summed E-state index contributed by atoms with van der Waals surface area (Å²) >= 11 is 0. The Balaban J connectivity index is 2.83. The van der Waals surface area contributed by atoms with Crippen molar-refractivity contribution in [3.05, 3.63) is 0 Å². The number of alkyl carbamates (subject to hydrolysis) is 1. The maximum absolute atomic E-state index is 12.7. The predicted octanol–water partition coefficient (Wildman–Crippen LogP) is 2.16. The third kappa shape index (κ3) is 3.61. The third-order valence-electron chi connectivity index (χ3n) is 3.90. The highest BCUT2D eigenvalue weighted by Crippen LogP contribution is 2.27. The van der Waals surface area contributed by atoms with E-state index in [-0.39, 0.29) is 17.9 Å². The van der Waals surface area contributed by atoms with Crippen LogP contribution in [0.1, 0.15) is 47.0 Å². The van der Waals surface area contributed by atoms with E-state index in [1.54, 1.807) is 0 Å². The Morgan fingerprint density at radius 2 is 2.00 bits per heavy atom. The molecule has 1 N–H and O–H groups in total. The highest BCUT2D eigenvalue weighted by Gasteiger charge is 2.38. The SMILES string of the molecule is CCC1CCC(C)N1C(=O)[C@@H](NC(=O)OC)C(C)C. The van der Waals surface area contributed by atoms with Gasteiger partial charge in [0.2, 0.25) is 5.91 Å². The summed E-state index contributed by atoms with van der Waals surface area (Å²) in [6.45, 7) is 8.03. The summed E-state index contributed by atoms with van der Waals surface area (Å²) in [7, 11) is 1.31. The normalized spacial score (nSPS) is 24.4. The Bertz CT molecular complexity index is 331. The summed E-state index contributed by atoms with van der Waals surface area (Å²) < 4.78 is 4.60. The van der Waals surface area contributed by atoms with Gasteiger partial charge in [-0.3, -0.25) is 4.79 Å². The van der Waals surface area contributed by atoms with Crippen LogP contribution in [-0.2, 0) is 9.53 Å². The Kier molecular flexibility index (Phi) is 5.63. The van der Waals surface area contributed by atoms with Gasteiger partial charge in [-0.25, -0.2) is 4.79 Å². The molecule has 1 fully saturated rings. The maximum Gasteiger partial charge on any atom is 0.407 e. The van der Waals surface area contributed by atoms with Crippen LogP contribution in [-0.4, -0.2) is 42.1 Å². The highest BCUT2D eigenvalue weighted by atomic mass is 16.5. The van der Waals surface area contributed by atoms with Crippen LogP contribution >= 0.6 is 0 Å². The molecule has 5 heteroatoms. The van der Waals surface area contributed by atoms with Crippen LogP contribution in [0.5, 0.6) is 0 Å². The molecular weight excluding hydrogens is 244 g/mol. The molecule has 0 spiro atoms. The van der Waals surface area contributed by atoms with Crippen LogP contribution in [0.15, 0.2) is 0 Å². The monoisotopic (exact) mass is 270 g/mol. The summed E-state index contributed by atoms with van der Waals surface area (Å²) in [5.74, 6) is 0.0501. The first-order chi connectivity index (χ1) is 8.92. The molecule has 0 bridgehead atoms. The molecule has 0 aromatic heterocycles. The standard InChI is InChI=1S/C14H26N2O3/c1-6-11-8-7-10(4)16(11)13(17)12(9(2)3)15-14(18)19-5/h9-12H,6-8H2,1-5H3,(H,15,18)/t10?,11?,12-/m0/s1. The Morgan fingerprint density at radius 1 is 1.37 bits per heavy atom. The molecule has 0 radical (unpaired) electrons. The van der Waals surface area contributed by atoms with E-state index in [0.717, 1.165) is 19.3 Å². The zero-order valence-electron chi connectivity index (χ0n) is 12.6. The van der Waals surface area contributed by atoms with Gasteiger partial charge in [-0.05, 0) is 32.1 Å². The molecule has 2 unspecified atom stereocenters. The van der Waals surface area contributed by atoms with Gasteiger partial charge in [-0.15, -0.1) is 0 Å². The van der Waals surface area contributed by atoms with E-state index in [9.17, 15) is 9.59 Å². The number of carbonyl (C=O) groups is 2. The van der Waals surface area contributed by atoms with Gasteiger partial charge < -0.3 is 15.0 Å². The van der Waals surface area contributed by atoms with E-state index in [1.165, 1.54) is 7.11 Å². The lowest BCUT2D eigenvalue weighted by Crippen LogP contribution is -2.54. The second-order valence-corrected chi connectivity index (χ2v) is 5.59. The second-order valence-electron chi connectivity index (χ2n) is 5.59. The van der Waals surface area contributed by atoms with Crippen molar-refractivity contribution in [3.8, 4) is 0 Å². The third-order valence-corrected chi connectivity index (χ3v) is 3.90. The van der Waals surface area contributed by atoms with Crippen LogP contribution in [0, 0.1) is 5.92 Å². The van der Waals surface area contributed by atoms with Gasteiger partial charge in [-0.1, -0.05) is 20.8 Å². The minimum Gasteiger partial charge on any atom is -0.453 e. The van der Waals surface area contributed by atoms with Gasteiger partial charge in [0, 0.05) is 12.1 Å². The molecule has 1 rings (SSSR count). The van der Waals surface area contributed by atoms with Crippen molar-refractivity contribution in [2.24, 2.45) is 5.92 Å². The zero-order chi connectivity index (χ0) is 14.6. The van der Waals surface area contributed by atoms with Crippen molar-refractivity contribution in [2.75, 3.05) is 7.11 Å². The zero-order valence-corrected chi connectivity index (χ0v) is 12.6. The fourth-order valence-electron chi connectivity index (χ4n) is 2.73. The van der Waals surface area contributed by atoms with Gasteiger partial charge in [0.15, 0.2) is 0 Å². The maximum atomic E-state index is 12.7. The smallest absolute Gasteiger partial charge is 0.407 e. The summed E-state index contributed by atoms with van der Waals surface area (Å²) in [6, 6.07) is 0.0309. The summed E-state index contributed by atoms with van der Waals surface area (Å²) in [4.78, 5) is 26.0. The number of likely N-dealkylation sites (tertiary alicyclic amines) is 1. The molecule has 5 nitrogen and oxygen atoms in total. The van der Waals surface area contributed by atoms with Gasteiger partial charge in [0.05, 0.1) is 7.11 Å². The first-order valence-electron chi connectivity index (χ1n) is 7.09. The number of methoxy groups -OCH3 is 1. The van der Waals surface area contributed by atoms with Crippen LogP contribution in [0.2, 0.25) is 0 Å². The predicted molar refractivity (Wildman–Crippen MR) is 73.8 cm³/mol. The lowest BCUT2D eigenvalue weighted by Gasteiger charge is -2.33. The molecule has 19 heavy (non-hydrogen) atoms. The summed E-state index contributed by atoms with van der Waals surface area (Å²) in [5, 5.41) is 2.66. The molecule has 2 amide bonds. The first-order valence-corrected chi connectivity index (χ1v) is 7.09. The number of nitrogens with zero attached hydrogens (tertiary/aromatic N) is 1. The van der Waals surface area contributed by atoms with Crippen molar-refractivity contribution in [3.63, 3.8) is 0 Å².